The molecule has 114 valence electrons. The number of hydrogen-bond donors (Lipinski definition) is 1. The van der Waals surface area contributed by atoms with Crippen LogP contribution in [0.15, 0.2) is 30.5 Å². The average molecular weight is 309 g/mol. The maximum atomic E-state index is 12.1. The van der Waals surface area contributed by atoms with Crippen LogP contribution in [-0.2, 0) is 16.1 Å². The quantitative estimate of drug-likeness (QED) is 0.929. The topological polar surface area (TPSA) is 49.4 Å². The van der Waals surface area contributed by atoms with Gasteiger partial charge in [0.25, 0.3) is 0 Å². The summed E-state index contributed by atoms with van der Waals surface area (Å²) in [5.74, 6) is -0.0380. The molecule has 0 atom stereocenters. The largest absolute Gasteiger partial charge is 0.355 e. The molecule has 5 heteroatoms. The number of halogens is 1. The smallest absolute Gasteiger partial charge is 0.228 e. The van der Waals surface area contributed by atoms with Gasteiger partial charge in [0.05, 0.1) is 6.54 Å². The second-order valence-corrected chi connectivity index (χ2v) is 5.23. The maximum Gasteiger partial charge on any atom is 0.228 e. The molecule has 0 radical (unpaired) electrons. The fraction of sp³-hybridized carbons (Fsp3) is 0.375. The van der Waals surface area contributed by atoms with Gasteiger partial charge in [0.2, 0.25) is 11.8 Å². The van der Waals surface area contributed by atoms with Gasteiger partial charge in [-0.15, -0.1) is 12.4 Å². The Morgan fingerprint density at radius 3 is 2.71 bits per heavy atom. The molecule has 0 saturated carbocycles. The van der Waals surface area contributed by atoms with Gasteiger partial charge in [-0.05, 0) is 17.2 Å². The van der Waals surface area contributed by atoms with Gasteiger partial charge in [-0.3, -0.25) is 9.59 Å². The zero-order chi connectivity index (χ0) is 14.5. The lowest BCUT2D eigenvalue weighted by Gasteiger charge is -2.23. The molecule has 2 amide bonds. The third-order valence-electron chi connectivity index (χ3n) is 3.31. The predicted molar refractivity (Wildman–Crippen MR) is 85.7 cm³/mol. The summed E-state index contributed by atoms with van der Waals surface area (Å²) in [5.41, 5.74) is 2.30. The first-order valence-electron chi connectivity index (χ1n) is 6.91. The van der Waals surface area contributed by atoms with Gasteiger partial charge >= 0.3 is 0 Å². The summed E-state index contributed by atoms with van der Waals surface area (Å²) in [4.78, 5) is 25.2. The third kappa shape index (κ3) is 4.60. The van der Waals surface area contributed by atoms with E-state index in [0.29, 0.717) is 19.5 Å². The summed E-state index contributed by atoms with van der Waals surface area (Å²) in [6, 6.07) is 8.03. The summed E-state index contributed by atoms with van der Waals surface area (Å²) in [6.07, 6.45) is 4.09. The molecule has 4 nitrogen and oxygen atoms in total. The fourth-order valence-electron chi connectivity index (χ4n) is 2.06. The Labute approximate surface area is 131 Å². The Hall–Kier alpha value is -1.81. The third-order valence-corrected chi connectivity index (χ3v) is 3.31. The van der Waals surface area contributed by atoms with E-state index < -0.39 is 0 Å². The normalized spacial score (nSPS) is 12.6. The zero-order valence-corrected chi connectivity index (χ0v) is 13.2. The van der Waals surface area contributed by atoms with Gasteiger partial charge in [0, 0.05) is 25.1 Å². The molecule has 0 saturated heterocycles. The van der Waals surface area contributed by atoms with Gasteiger partial charge in [0.15, 0.2) is 0 Å². The van der Waals surface area contributed by atoms with Crippen molar-refractivity contribution in [3.05, 3.63) is 41.6 Å². The van der Waals surface area contributed by atoms with E-state index in [1.165, 1.54) is 0 Å². The summed E-state index contributed by atoms with van der Waals surface area (Å²) >= 11 is 0. The molecule has 1 N–H and O–H groups in total. The lowest BCUT2D eigenvalue weighted by atomic mass is 10.0. The molecule has 0 aromatic heterocycles. The van der Waals surface area contributed by atoms with E-state index >= 15 is 0 Å². The molecule has 1 aromatic carbocycles. The first-order valence-corrected chi connectivity index (χ1v) is 6.91. The van der Waals surface area contributed by atoms with Gasteiger partial charge in [-0.25, -0.2) is 0 Å². The van der Waals surface area contributed by atoms with Crippen molar-refractivity contribution >= 4 is 30.3 Å². The van der Waals surface area contributed by atoms with E-state index in [2.05, 4.69) is 5.32 Å². The lowest BCUT2D eigenvalue weighted by molar-refractivity contribution is -0.129. The Morgan fingerprint density at radius 2 is 2.00 bits per heavy atom. The number of rotatable bonds is 4. The van der Waals surface area contributed by atoms with E-state index in [1.54, 1.807) is 4.90 Å². The van der Waals surface area contributed by atoms with Crippen LogP contribution in [0.3, 0.4) is 0 Å². The number of carbonyl (C=O) groups excluding carboxylic acids is 2. The second-order valence-electron chi connectivity index (χ2n) is 5.23. The van der Waals surface area contributed by atoms with Crippen LogP contribution in [0.1, 0.15) is 31.4 Å². The highest BCUT2D eigenvalue weighted by molar-refractivity contribution is 5.85. The number of nitrogens with one attached hydrogen (secondary N) is 1. The molecule has 0 bridgehead atoms. The summed E-state index contributed by atoms with van der Waals surface area (Å²) in [6.45, 7) is 4.66. The first kappa shape index (κ1) is 17.2. The van der Waals surface area contributed by atoms with Gasteiger partial charge < -0.3 is 10.2 Å². The van der Waals surface area contributed by atoms with Crippen LogP contribution in [0.4, 0.5) is 0 Å². The molecule has 0 fully saturated rings. The number of nitrogens with zero attached hydrogens (tertiary/aromatic N) is 1. The molecule has 1 aliphatic rings. The minimum absolute atomic E-state index is 0. The van der Waals surface area contributed by atoms with Gasteiger partial charge in [-0.2, -0.15) is 0 Å². The van der Waals surface area contributed by atoms with Crippen LogP contribution >= 0.6 is 12.4 Å². The minimum Gasteiger partial charge on any atom is -0.355 e. The Balaban J connectivity index is 0.00000220. The highest BCUT2D eigenvalue weighted by Gasteiger charge is 2.16. The standard InChI is InChI=1S/C16H20N2O2.ClH/c1-12(2)16(20)17-9-7-15(19)18-10-8-13-5-3-4-6-14(13)11-18;/h3-6,8,10,12H,7,9,11H2,1-2H3,(H,17,20);1H. The molecular weight excluding hydrogens is 288 g/mol. The molecule has 1 aliphatic heterocycles. The maximum absolute atomic E-state index is 12.1. The van der Waals surface area contributed by atoms with E-state index in [0.717, 1.165) is 11.1 Å². The Morgan fingerprint density at radius 1 is 1.29 bits per heavy atom. The zero-order valence-electron chi connectivity index (χ0n) is 12.3. The molecule has 0 aliphatic carbocycles. The van der Waals surface area contributed by atoms with Crippen LogP contribution in [0, 0.1) is 5.92 Å². The van der Waals surface area contributed by atoms with Crippen molar-refractivity contribution in [3.63, 3.8) is 0 Å². The Kier molecular flexibility index (Phi) is 6.43. The molecule has 2 rings (SSSR count). The molecule has 21 heavy (non-hydrogen) atoms. The summed E-state index contributed by atoms with van der Waals surface area (Å²) in [7, 11) is 0. The molecule has 1 heterocycles. The van der Waals surface area contributed by atoms with Crippen molar-refractivity contribution in [3.8, 4) is 0 Å². The minimum atomic E-state index is -0.0492. The Bertz CT molecular complexity index is 541. The van der Waals surface area contributed by atoms with Crippen LogP contribution in [-0.4, -0.2) is 23.3 Å². The number of hydrogen-bond acceptors (Lipinski definition) is 2. The number of carbonyl (C=O) groups is 2. The monoisotopic (exact) mass is 308 g/mol. The van der Waals surface area contributed by atoms with Crippen LogP contribution in [0.25, 0.3) is 6.08 Å². The number of amides is 2. The van der Waals surface area contributed by atoms with E-state index in [4.69, 9.17) is 0 Å². The number of fused-ring (bicyclic) bond motifs is 1. The van der Waals surface area contributed by atoms with Crippen LogP contribution in [0.2, 0.25) is 0 Å². The average Bonchev–Trinajstić information content (AvgIpc) is 2.46. The molecule has 0 spiro atoms. The van der Waals surface area contributed by atoms with Crippen molar-refractivity contribution in [2.75, 3.05) is 6.54 Å². The van der Waals surface area contributed by atoms with E-state index in [1.807, 2.05) is 50.4 Å². The van der Waals surface area contributed by atoms with Crippen molar-refractivity contribution < 1.29 is 9.59 Å². The fourth-order valence-corrected chi connectivity index (χ4v) is 2.06. The lowest BCUT2D eigenvalue weighted by Crippen LogP contribution is -2.33. The molecule has 1 aromatic rings. The predicted octanol–water partition coefficient (Wildman–Crippen LogP) is 2.58. The molecule has 0 unspecified atom stereocenters. The van der Waals surface area contributed by atoms with Crippen molar-refractivity contribution in [1.29, 1.82) is 0 Å². The second kappa shape index (κ2) is 7.84. The number of benzene rings is 1. The van der Waals surface area contributed by atoms with Crippen molar-refractivity contribution in [1.82, 2.24) is 10.2 Å². The van der Waals surface area contributed by atoms with Crippen LogP contribution < -0.4 is 5.32 Å². The molecular formula is C16H21ClN2O2. The van der Waals surface area contributed by atoms with Gasteiger partial charge in [0.1, 0.15) is 0 Å². The van der Waals surface area contributed by atoms with E-state index in [-0.39, 0.29) is 30.1 Å². The van der Waals surface area contributed by atoms with Crippen molar-refractivity contribution in [2.45, 2.75) is 26.8 Å². The van der Waals surface area contributed by atoms with E-state index in [9.17, 15) is 9.59 Å². The summed E-state index contributed by atoms with van der Waals surface area (Å²) < 4.78 is 0. The summed E-state index contributed by atoms with van der Waals surface area (Å²) in [5, 5.41) is 2.76. The highest BCUT2D eigenvalue weighted by Crippen LogP contribution is 2.19. The SMILES string of the molecule is CC(C)C(=O)NCCC(=O)N1C=Cc2ccccc2C1.Cl. The van der Waals surface area contributed by atoms with Gasteiger partial charge in [-0.1, -0.05) is 38.1 Å². The van der Waals surface area contributed by atoms with Crippen molar-refractivity contribution in [2.24, 2.45) is 5.92 Å². The highest BCUT2D eigenvalue weighted by atomic mass is 35.5. The first-order chi connectivity index (χ1) is 9.58. The van der Waals surface area contributed by atoms with Crippen LogP contribution in [0.5, 0.6) is 0 Å².